The van der Waals surface area contributed by atoms with Gasteiger partial charge in [-0.3, -0.25) is 0 Å². The SMILES string of the molecule is CC(C)c1cc(OC(F)F)cc(C2CC2Nc2cnc(C(C)(C)O)s2)c1NC(=O)N=S=O. The summed E-state index contributed by atoms with van der Waals surface area (Å²) in [6.45, 7) is 4.03. The van der Waals surface area contributed by atoms with Crippen LogP contribution in [0.15, 0.2) is 22.7 Å². The number of carbonyl (C=O) groups excluding carboxylic acids is 1. The minimum Gasteiger partial charge on any atom is -0.435 e. The fourth-order valence-corrected chi connectivity index (χ4v) is 4.38. The van der Waals surface area contributed by atoms with Gasteiger partial charge in [-0.25, -0.2) is 9.78 Å². The minimum atomic E-state index is -2.99. The average Bonchev–Trinajstić information content (AvgIpc) is 3.24. The Balaban J connectivity index is 1.92. The lowest BCUT2D eigenvalue weighted by Crippen LogP contribution is -2.14. The van der Waals surface area contributed by atoms with E-state index in [2.05, 4.69) is 24.7 Å². The standard InChI is InChI=1S/C20H24F2N4O4S2/c1-9(2)11-5-10(30-18(21)22)6-13(16(11)25-19(27)26-32-29)12-7-14(12)24-15-8-23-17(31-15)20(3,4)28/h5-6,8-9,12,14,18,24,28H,7H2,1-4H3,(H,25,27). The molecule has 1 aromatic heterocycles. The summed E-state index contributed by atoms with van der Waals surface area (Å²) in [5.74, 6) is -0.220. The number of aromatic nitrogens is 1. The molecule has 0 spiro atoms. The molecule has 32 heavy (non-hydrogen) atoms. The molecular formula is C20H24F2N4O4S2. The van der Waals surface area contributed by atoms with Crippen LogP contribution in [-0.2, 0) is 17.1 Å². The summed E-state index contributed by atoms with van der Waals surface area (Å²) < 4.78 is 44.3. The van der Waals surface area contributed by atoms with Crippen LogP contribution in [0.2, 0.25) is 0 Å². The van der Waals surface area contributed by atoms with Gasteiger partial charge in [0.25, 0.3) is 0 Å². The molecule has 2 atom stereocenters. The Morgan fingerprint density at radius 2 is 2.12 bits per heavy atom. The van der Waals surface area contributed by atoms with E-state index in [1.165, 1.54) is 23.5 Å². The van der Waals surface area contributed by atoms with Gasteiger partial charge in [0.1, 0.15) is 21.4 Å². The molecule has 1 aliphatic rings. The van der Waals surface area contributed by atoms with Crippen molar-refractivity contribution in [3.63, 3.8) is 0 Å². The van der Waals surface area contributed by atoms with E-state index in [0.717, 1.165) is 5.00 Å². The molecular weight excluding hydrogens is 462 g/mol. The van der Waals surface area contributed by atoms with Crippen molar-refractivity contribution in [2.45, 2.75) is 64.2 Å². The van der Waals surface area contributed by atoms with Gasteiger partial charge in [-0.05, 0) is 49.4 Å². The number of hydrogen-bond acceptors (Lipinski definition) is 7. The zero-order valence-corrected chi connectivity index (χ0v) is 19.5. The third-order valence-electron chi connectivity index (χ3n) is 4.92. The lowest BCUT2D eigenvalue weighted by Gasteiger charge is -2.19. The Morgan fingerprint density at radius 1 is 1.41 bits per heavy atom. The van der Waals surface area contributed by atoms with Gasteiger partial charge in [0.05, 0.1) is 6.20 Å². The van der Waals surface area contributed by atoms with Crippen LogP contribution >= 0.6 is 11.3 Å². The Morgan fingerprint density at radius 3 is 2.69 bits per heavy atom. The topological polar surface area (TPSA) is 113 Å². The fraction of sp³-hybridized carbons (Fsp3) is 0.500. The van der Waals surface area contributed by atoms with Gasteiger partial charge in [-0.2, -0.15) is 13.0 Å². The van der Waals surface area contributed by atoms with Crippen molar-refractivity contribution in [3.05, 3.63) is 34.5 Å². The number of ether oxygens (including phenoxy) is 1. The minimum absolute atomic E-state index is 0.000376. The molecule has 3 rings (SSSR count). The van der Waals surface area contributed by atoms with Crippen LogP contribution in [0.3, 0.4) is 0 Å². The maximum Gasteiger partial charge on any atom is 0.387 e. The number of carbonyl (C=O) groups is 1. The van der Waals surface area contributed by atoms with Gasteiger partial charge in [-0.15, -0.1) is 0 Å². The molecule has 3 N–H and O–H groups in total. The van der Waals surface area contributed by atoms with Gasteiger partial charge in [0, 0.05) is 17.6 Å². The lowest BCUT2D eigenvalue weighted by molar-refractivity contribution is -0.0499. The van der Waals surface area contributed by atoms with E-state index in [1.54, 1.807) is 20.0 Å². The van der Waals surface area contributed by atoms with E-state index in [-0.39, 0.29) is 35.1 Å². The third-order valence-corrected chi connectivity index (χ3v) is 6.40. The maximum atomic E-state index is 12.9. The van der Waals surface area contributed by atoms with E-state index >= 15 is 0 Å². The summed E-state index contributed by atoms with van der Waals surface area (Å²) in [6, 6.07) is 2.09. The average molecular weight is 487 g/mol. The summed E-state index contributed by atoms with van der Waals surface area (Å²) in [4.78, 5) is 16.2. The van der Waals surface area contributed by atoms with E-state index in [1.807, 2.05) is 13.8 Å². The molecule has 0 aliphatic heterocycles. The van der Waals surface area contributed by atoms with Crippen LogP contribution in [0.4, 0.5) is 24.3 Å². The van der Waals surface area contributed by atoms with E-state index in [0.29, 0.717) is 28.2 Å². The molecule has 2 amide bonds. The zero-order chi connectivity index (χ0) is 23.6. The van der Waals surface area contributed by atoms with Gasteiger partial charge in [0.2, 0.25) is 11.5 Å². The second kappa shape index (κ2) is 9.59. The molecule has 1 heterocycles. The number of hydrogen-bond donors (Lipinski definition) is 3. The predicted octanol–water partition coefficient (Wildman–Crippen LogP) is 4.99. The first-order valence-electron chi connectivity index (χ1n) is 9.88. The van der Waals surface area contributed by atoms with Crippen LogP contribution < -0.4 is 15.4 Å². The van der Waals surface area contributed by atoms with Crippen LogP contribution in [-0.4, -0.2) is 33.0 Å². The lowest BCUT2D eigenvalue weighted by atomic mass is 9.95. The van der Waals surface area contributed by atoms with Gasteiger partial charge >= 0.3 is 12.6 Å². The van der Waals surface area contributed by atoms with Crippen LogP contribution in [0.25, 0.3) is 0 Å². The summed E-state index contributed by atoms with van der Waals surface area (Å²) >= 11 is 1.12. The third kappa shape index (κ3) is 5.87. The number of benzene rings is 1. The van der Waals surface area contributed by atoms with Gasteiger partial charge in [0.15, 0.2) is 0 Å². The molecule has 1 fully saturated rings. The monoisotopic (exact) mass is 486 g/mol. The Kier molecular flexibility index (Phi) is 7.25. The van der Waals surface area contributed by atoms with Crippen molar-refractivity contribution in [1.82, 2.24) is 4.98 Å². The highest BCUT2D eigenvalue weighted by molar-refractivity contribution is 7.55. The number of amides is 2. The Bertz CT molecular complexity index is 1050. The predicted molar refractivity (Wildman–Crippen MR) is 119 cm³/mol. The molecule has 1 saturated carbocycles. The molecule has 1 aromatic carbocycles. The second-order valence-electron chi connectivity index (χ2n) is 8.29. The van der Waals surface area contributed by atoms with Crippen molar-refractivity contribution < 1.29 is 27.6 Å². The molecule has 2 unspecified atom stereocenters. The molecule has 12 heteroatoms. The van der Waals surface area contributed by atoms with Gasteiger partial charge < -0.3 is 20.5 Å². The van der Waals surface area contributed by atoms with Crippen molar-refractivity contribution >= 4 is 39.5 Å². The number of thiazole rings is 1. The second-order valence-corrected chi connectivity index (χ2v) is 9.65. The van der Waals surface area contributed by atoms with Crippen molar-refractivity contribution in [2.24, 2.45) is 4.36 Å². The number of alkyl halides is 2. The van der Waals surface area contributed by atoms with Crippen molar-refractivity contribution in [1.29, 1.82) is 0 Å². The van der Waals surface area contributed by atoms with Crippen molar-refractivity contribution in [3.8, 4) is 5.75 Å². The summed E-state index contributed by atoms with van der Waals surface area (Å²) in [5.41, 5.74) is 0.614. The molecule has 174 valence electrons. The Labute approximate surface area is 191 Å². The molecule has 0 radical (unpaired) electrons. The number of anilines is 2. The molecule has 2 aromatic rings. The van der Waals surface area contributed by atoms with Crippen LogP contribution in [0.1, 0.15) is 62.1 Å². The highest BCUT2D eigenvalue weighted by Crippen LogP contribution is 2.49. The number of nitrogens with one attached hydrogen (secondary N) is 2. The number of aliphatic hydroxyl groups is 1. The highest BCUT2D eigenvalue weighted by atomic mass is 32.1. The largest absolute Gasteiger partial charge is 0.435 e. The fourth-order valence-electron chi connectivity index (χ4n) is 3.39. The smallest absolute Gasteiger partial charge is 0.387 e. The van der Waals surface area contributed by atoms with Crippen molar-refractivity contribution in [2.75, 3.05) is 10.6 Å². The number of halogens is 2. The molecule has 0 bridgehead atoms. The summed E-state index contributed by atoms with van der Waals surface area (Å²) in [5, 5.41) is 17.4. The number of rotatable bonds is 8. The quantitative estimate of drug-likeness (QED) is 0.484. The summed E-state index contributed by atoms with van der Waals surface area (Å²) in [7, 11) is 0. The number of nitrogens with zero attached hydrogens (tertiary/aromatic N) is 2. The molecule has 1 aliphatic carbocycles. The first kappa shape index (κ1) is 24.2. The first-order chi connectivity index (χ1) is 15.0. The zero-order valence-electron chi connectivity index (χ0n) is 17.9. The maximum absolute atomic E-state index is 12.9. The normalized spacial score (nSPS) is 17.9. The van der Waals surface area contributed by atoms with E-state index < -0.39 is 18.2 Å². The van der Waals surface area contributed by atoms with Crippen LogP contribution in [0, 0.1) is 0 Å². The Hall–Kier alpha value is -2.44. The molecule has 0 saturated heterocycles. The van der Waals surface area contributed by atoms with E-state index in [4.69, 9.17) is 0 Å². The molecule has 8 nitrogen and oxygen atoms in total. The summed E-state index contributed by atoms with van der Waals surface area (Å²) in [6.07, 6.45) is 2.32. The highest BCUT2D eigenvalue weighted by Gasteiger charge is 2.41. The number of urea groups is 1. The first-order valence-corrected chi connectivity index (χ1v) is 11.4. The van der Waals surface area contributed by atoms with Crippen LogP contribution in [0.5, 0.6) is 5.75 Å². The van der Waals surface area contributed by atoms with Gasteiger partial charge in [-0.1, -0.05) is 29.5 Å². The van der Waals surface area contributed by atoms with E-state index in [9.17, 15) is 22.9 Å².